The summed E-state index contributed by atoms with van der Waals surface area (Å²) in [6, 6.07) is 11.8. The predicted molar refractivity (Wildman–Crippen MR) is 152 cm³/mol. The molecule has 11 heteroatoms. The second-order valence-corrected chi connectivity index (χ2v) is 8.97. The monoisotopic (exact) mass is 547 g/mol. The largest absolute Gasteiger partial charge is 0.493 e. The van der Waals surface area contributed by atoms with Crippen LogP contribution in [0, 0.1) is 5.41 Å². The van der Waals surface area contributed by atoms with Crippen molar-refractivity contribution in [2.24, 2.45) is 4.99 Å². The molecule has 0 unspecified atom stereocenters. The zero-order valence-electron chi connectivity index (χ0n) is 22.6. The van der Waals surface area contributed by atoms with E-state index in [0.717, 1.165) is 50.5 Å². The summed E-state index contributed by atoms with van der Waals surface area (Å²) in [7, 11) is 3.13. The molecule has 2 aliphatic rings. The van der Waals surface area contributed by atoms with Crippen molar-refractivity contribution in [1.29, 1.82) is 5.41 Å². The number of amides is 1. The van der Waals surface area contributed by atoms with Crippen molar-refractivity contribution >= 4 is 35.2 Å². The second-order valence-electron chi connectivity index (χ2n) is 8.97. The quantitative estimate of drug-likeness (QED) is 0.222. The smallest absolute Gasteiger partial charge is 0.338 e. The second kappa shape index (κ2) is 14.1. The molecular weight excluding hydrogens is 514 g/mol. The number of hydrogen-bond acceptors (Lipinski definition) is 10. The van der Waals surface area contributed by atoms with E-state index in [1.807, 2.05) is 12.1 Å². The van der Waals surface area contributed by atoms with Crippen molar-refractivity contribution in [3.05, 3.63) is 71.6 Å². The van der Waals surface area contributed by atoms with Crippen molar-refractivity contribution in [1.82, 2.24) is 10.2 Å². The Balaban J connectivity index is 1.26. The van der Waals surface area contributed by atoms with E-state index in [4.69, 9.17) is 24.4 Å². The van der Waals surface area contributed by atoms with Gasteiger partial charge in [-0.05, 0) is 55.0 Å². The summed E-state index contributed by atoms with van der Waals surface area (Å²) in [4.78, 5) is 31.4. The first-order chi connectivity index (χ1) is 19.5. The summed E-state index contributed by atoms with van der Waals surface area (Å²) in [6.07, 6.45) is 5.45. The summed E-state index contributed by atoms with van der Waals surface area (Å²) in [6.45, 7) is 4.47. The number of esters is 1. The fourth-order valence-electron chi connectivity index (χ4n) is 4.10. The molecule has 11 nitrogen and oxygen atoms in total. The number of morpholine rings is 1. The molecule has 1 amide bonds. The number of ether oxygens (including phenoxy) is 4. The van der Waals surface area contributed by atoms with Crippen LogP contribution >= 0.6 is 0 Å². The molecule has 0 atom stereocenters. The average Bonchev–Trinajstić information content (AvgIpc) is 2.99. The highest BCUT2D eigenvalue weighted by Crippen LogP contribution is 2.30. The van der Waals surface area contributed by atoms with Crippen molar-refractivity contribution in [2.45, 2.75) is 6.42 Å². The van der Waals surface area contributed by atoms with Gasteiger partial charge in [-0.2, -0.15) is 0 Å². The first-order valence-electron chi connectivity index (χ1n) is 12.9. The molecule has 0 aromatic heterocycles. The summed E-state index contributed by atoms with van der Waals surface area (Å²) < 4.78 is 21.3. The molecule has 0 bridgehead atoms. The fourth-order valence-corrected chi connectivity index (χ4v) is 4.10. The predicted octanol–water partition coefficient (Wildman–Crippen LogP) is 3.10. The third-order valence-corrected chi connectivity index (χ3v) is 6.27. The molecule has 1 saturated heterocycles. The van der Waals surface area contributed by atoms with E-state index in [1.165, 1.54) is 6.08 Å². The minimum absolute atomic E-state index is 0.294. The van der Waals surface area contributed by atoms with Crippen LogP contribution in [0.2, 0.25) is 0 Å². The maximum atomic E-state index is 12.6. The number of aliphatic imine (C=N–C) groups is 1. The number of nitrogens with one attached hydrogen (secondary N) is 3. The molecule has 3 N–H and O–H groups in total. The van der Waals surface area contributed by atoms with E-state index in [9.17, 15) is 9.59 Å². The lowest BCUT2D eigenvalue weighted by molar-refractivity contribution is -0.110. The molecule has 210 valence electrons. The number of benzene rings is 2. The summed E-state index contributed by atoms with van der Waals surface area (Å²) >= 11 is 0. The van der Waals surface area contributed by atoms with Crippen LogP contribution in [0.15, 0.2) is 65.4 Å². The maximum absolute atomic E-state index is 12.6. The van der Waals surface area contributed by atoms with Gasteiger partial charge >= 0.3 is 5.97 Å². The van der Waals surface area contributed by atoms with Crippen LogP contribution in [0.5, 0.6) is 11.5 Å². The molecular formula is C29H33N5O6. The van der Waals surface area contributed by atoms with Gasteiger partial charge in [0, 0.05) is 48.9 Å². The Morgan fingerprint density at radius 3 is 2.58 bits per heavy atom. The Bertz CT molecular complexity index is 1310. The number of nitrogens with zero attached hydrogens (tertiary/aromatic N) is 2. The van der Waals surface area contributed by atoms with E-state index in [0.29, 0.717) is 35.2 Å². The highest BCUT2D eigenvalue weighted by molar-refractivity contribution is 6.46. The Hall–Kier alpha value is -4.48. The molecule has 0 aliphatic carbocycles. The minimum atomic E-state index is -0.620. The van der Waals surface area contributed by atoms with Crippen molar-refractivity contribution in [2.75, 3.05) is 59.0 Å². The molecule has 0 radical (unpaired) electrons. The first-order valence-corrected chi connectivity index (χ1v) is 12.9. The van der Waals surface area contributed by atoms with Crippen LogP contribution in [0.3, 0.4) is 0 Å². The molecule has 1 fully saturated rings. The molecule has 0 spiro atoms. The van der Waals surface area contributed by atoms with E-state index in [1.54, 1.807) is 56.8 Å². The van der Waals surface area contributed by atoms with Crippen LogP contribution in [-0.4, -0.2) is 82.4 Å². The number of anilines is 1. The minimum Gasteiger partial charge on any atom is -0.493 e. The lowest BCUT2D eigenvalue weighted by Gasteiger charge is -2.26. The molecule has 2 aromatic carbocycles. The van der Waals surface area contributed by atoms with E-state index < -0.39 is 11.9 Å². The van der Waals surface area contributed by atoms with Crippen LogP contribution in [-0.2, 0) is 14.3 Å². The standard InChI is InChI=1S/C29H33N5O6/c1-37-25-9-6-21(18-26(25)38-2)24-10-11-31-27(33-24)19-23(30)28(35)32-22-7-4-20(5-8-22)29(36)40-15-3-12-34-13-16-39-17-14-34/h4-11,18-19,30,33H,3,12-17H2,1-2H3,(H,32,35)/b27-19-,30-23?. The Labute approximate surface area is 233 Å². The van der Waals surface area contributed by atoms with E-state index in [2.05, 4.69) is 20.5 Å². The van der Waals surface area contributed by atoms with Gasteiger partial charge in [-0.3, -0.25) is 15.1 Å². The lowest BCUT2D eigenvalue weighted by Crippen LogP contribution is -2.37. The Morgan fingerprint density at radius 2 is 1.85 bits per heavy atom. The van der Waals surface area contributed by atoms with Crippen LogP contribution in [0.1, 0.15) is 22.3 Å². The third kappa shape index (κ3) is 7.78. The molecule has 0 saturated carbocycles. The van der Waals surface area contributed by atoms with Crippen molar-refractivity contribution in [3.8, 4) is 11.5 Å². The number of carbonyl (C=O) groups is 2. The third-order valence-electron chi connectivity index (χ3n) is 6.27. The van der Waals surface area contributed by atoms with Crippen LogP contribution in [0.4, 0.5) is 5.69 Å². The van der Waals surface area contributed by atoms with Gasteiger partial charge in [0.25, 0.3) is 5.91 Å². The maximum Gasteiger partial charge on any atom is 0.338 e. The number of carbonyl (C=O) groups excluding carboxylic acids is 2. The van der Waals surface area contributed by atoms with Gasteiger partial charge < -0.3 is 29.6 Å². The van der Waals surface area contributed by atoms with Gasteiger partial charge in [0.05, 0.1) is 39.6 Å². The van der Waals surface area contributed by atoms with Crippen molar-refractivity contribution < 1.29 is 28.5 Å². The van der Waals surface area contributed by atoms with Crippen LogP contribution in [0.25, 0.3) is 5.70 Å². The van der Waals surface area contributed by atoms with E-state index in [-0.39, 0.29) is 5.71 Å². The van der Waals surface area contributed by atoms with Gasteiger partial charge in [0.15, 0.2) is 11.5 Å². The van der Waals surface area contributed by atoms with Crippen molar-refractivity contribution in [3.63, 3.8) is 0 Å². The fraction of sp³-hybridized carbons (Fsp3) is 0.310. The SMILES string of the molecule is COc1ccc(C2=CC=N/C(=C/C(=N)C(=O)Nc3ccc(C(=O)OCCCN4CCOCC4)cc3)N2)cc1OC. The Kier molecular flexibility index (Phi) is 10.0. The normalized spacial score (nSPS) is 16.1. The van der Waals surface area contributed by atoms with Crippen LogP contribution < -0.4 is 20.1 Å². The molecule has 4 rings (SSSR count). The highest BCUT2D eigenvalue weighted by atomic mass is 16.5. The number of allylic oxidation sites excluding steroid dienone is 1. The number of methoxy groups -OCH3 is 2. The zero-order valence-corrected chi connectivity index (χ0v) is 22.6. The Morgan fingerprint density at radius 1 is 1.10 bits per heavy atom. The highest BCUT2D eigenvalue weighted by Gasteiger charge is 2.15. The molecule has 2 aliphatic heterocycles. The van der Waals surface area contributed by atoms with Gasteiger partial charge in [-0.1, -0.05) is 0 Å². The summed E-state index contributed by atoms with van der Waals surface area (Å²) in [5.74, 6) is 0.474. The van der Waals surface area contributed by atoms with Gasteiger partial charge in [0.1, 0.15) is 11.5 Å². The van der Waals surface area contributed by atoms with Gasteiger partial charge in [-0.15, -0.1) is 0 Å². The van der Waals surface area contributed by atoms with E-state index >= 15 is 0 Å². The summed E-state index contributed by atoms with van der Waals surface area (Å²) in [5.41, 5.74) is 2.08. The first kappa shape index (κ1) is 28.5. The zero-order chi connectivity index (χ0) is 28.3. The number of rotatable bonds is 11. The molecule has 40 heavy (non-hydrogen) atoms. The molecule has 2 heterocycles. The summed E-state index contributed by atoms with van der Waals surface area (Å²) in [5, 5.41) is 14.0. The lowest BCUT2D eigenvalue weighted by atomic mass is 10.1. The molecule has 2 aromatic rings. The number of hydrogen-bond donors (Lipinski definition) is 3. The van der Waals surface area contributed by atoms with Gasteiger partial charge in [0.2, 0.25) is 0 Å². The topological polar surface area (TPSA) is 135 Å². The average molecular weight is 548 g/mol. The van der Waals surface area contributed by atoms with Gasteiger partial charge in [-0.25, -0.2) is 9.79 Å².